The lowest BCUT2D eigenvalue weighted by Crippen LogP contribution is -2.10. The second kappa shape index (κ2) is 4.39. The summed E-state index contributed by atoms with van der Waals surface area (Å²) in [6.45, 7) is 0. The average molecular weight is 265 g/mol. The molecular formula is C14H14ClFN2. The van der Waals surface area contributed by atoms with Gasteiger partial charge in [-0.25, -0.2) is 4.39 Å². The molecule has 1 aliphatic rings. The van der Waals surface area contributed by atoms with Gasteiger partial charge >= 0.3 is 0 Å². The van der Waals surface area contributed by atoms with Gasteiger partial charge in [0.05, 0.1) is 21.6 Å². The highest BCUT2D eigenvalue weighted by molar-refractivity contribution is 6.35. The minimum atomic E-state index is -0.264. The molecule has 0 aliphatic heterocycles. The van der Waals surface area contributed by atoms with Gasteiger partial charge in [-0.1, -0.05) is 11.6 Å². The molecule has 3 rings (SSSR count). The van der Waals surface area contributed by atoms with E-state index in [9.17, 15) is 4.39 Å². The first kappa shape index (κ1) is 11.7. The molecule has 0 saturated heterocycles. The van der Waals surface area contributed by atoms with Crippen LogP contribution in [0.15, 0.2) is 12.1 Å². The normalized spacial score (nSPS) is 14.6. The number of nitrogens with one attached hydrogen (secondary N) is 1. The Morgan fingerprint density at radius 2 is 2.06 bits per heavy atom. The van der Waals surface area contributed by atoms with Crippen LogP contribution in [0, 0.1) is 5.82 Å². The lowest BCUT2D eigenvalue weighted by atomic mass is 9.92. The summed E-state index contributed by atoms with van der Waals surface area (Å²) in [6.07, 6.45) is 4.19. The van der Waals surface area contributed by atoms with Gasteiger partial charge in [0.2, 0.25) is 0 Å². The van der Waals surface area contributed by atoms with Crippen LogP contribution in [0.2, 0.25) is 5.02 Å². The van der Waals surface area contributed by atoms with Crippen LogP contribution < -0.4 is 5.32 Å². The monoisotopic (exact) mass is 264 g/mol. The van der Waals surface area contributed by atoms with Crippen molar-refractivity contribution in [1.82, 2.24) is 4.98 Å². The van der Waals surface area contributed by atoms with Gasteiger partial charge < -0.3 is 5.32 Å². The summed E-state index contributed by atoms with van der Waals surface area (Å²) in [4.78, 5) is 4.57. The Bertz CT molecular complexity index is 625. The fourth-order valence-corrected chi connectivity index (χ4v) is 2.93. The fourth-order valence-electron chi connectivity index (χ4n) is 2.73. The number of rotatable bonds is 1. The maximum absolute atomic E-state index is 14.0. The van der Waals surface area contributed by atoms with E-state index < -0.39 is 0 Å². The van der Waals surface area contributed by atoms with Crippen LogP contribution in [0.1, 0.15) is 24.1 Å². The molecule has 94 valence electrons. The van der Waals surface area contributed by atoms with Crippen molar-refractivity contribution < 1.29 is 4.39 Å². The van der Waals surface area contributed by atoms with Crippen LogP contribution in [-0.4, -0.2) is 12.0 Å². The number of hydrogen-bond donors (Lipinski definition) is 1. The van der Waals surface area contributed by atoms with Crippen molar-refractivity contribution in [3.63, 3.8) is 0 Å². The Balaban J connectivity index is 2.44. The number of anilines is 1. The third kappa shape index (κ3) is 1.65. The van der Waals surface area contributed by atoms with Gasteiger partial charge in [0, 0.05) is 12.7 Å². The zero-order valence-corrected chi connectivity index (χ0v) is 10.9. The molecule has 1 N–H and O–H groups in total. The Kier molecular flexibility index (Phi) is 2.86. The Morgan fingerprint density at radius 1 is 1.28 bits per heavy atom. The Hall–Kier alpha value is -1.35. The smallest absolute Gasteiger partial charge is 0.134 e. The topological polar surface area (TPSA) is 24.9 Å². The van der Waals surface area contributed by atoms with E-state index in [0.717, 1.165) is 42.6 Å². The molecule has 1 aromatic carbocycles. The Morgan fingerprint density at radius 3 is 2.83 bits per heavy atom. The van der Waals surface area contributed by atoms with E-state index in [1.807, 2.05) is 7.05 Å². The van der Waals surface area contributed by atoms with E-state index in [2.05, 4.69) is 10.3 Å². The van der Waals surface area contributed by atoms with Crippen LogP contribution in [0.5, 0.6) is 0 Å². The summed E-state index contributed by atoms with van der Waals surface area (Å²) >= 11 is 6.14. The molecule has 0 fully saturated rings. The number of hydrogen-bond acceptors (Lipinski definition) is 2. The minimum absolute atomic E-state index is 0.264. The first-order chi connectivity index (χ1) is 8.72. The molecular weight excluding hydrogens is 251 g/mol. The van der Waals surface area contributed by atoms with Crippen molar-refractivity contribution >= 4 is 28.2 Å². The second-order valence-corrected chi connectivity index (χ2v) is 5.03. The first-order valence-electron chi connectivity index (χ1n) is 6.19. The van der Waals surface area contributed by atoms with Gasteiger partial charge in [-0.2, -0.15) is 0 Å². The number of fused-ring (bicyclic) bond motifs is 2. The number of pyridine rings is 1. The largest absolute Gasteiger partial charge is 0.387 e. The van der Waals surface area contributed by atoms with Gasteiger partial charge in [0.1, 0.15) is 5.82 Å². The summed E-state index contributed by atoms with van der Waals surface area (Å²) in [6, 6.07) is 2.98. The van der Waals surface area contributed by atoms with Gasteiger partial charge in [-0.05, 0) is 43.4 Å². The summed E-state index contributed by atoms with van der Waals surface area (Å²) in [5.41, 5.74) is 3.64. The summed E-state index contributed by atoms with van der Waals surface area (Å²) in [5, 5.41) is 4.16. The molecule has 0 amide bonds. The van der Waals surface area contributed by atoms with Crippen LogP contribution in [0.25, 0.3) is 10.9 Å². The lowest BCUT2D eigenvalue weighted by molar-refractivity contribution is 0.637. The highest BCUT2D eigenvalue weighted by Gasteiger charge is 2.20. The van der Waals surface area contributed by atoms with E-state index in [-0.39, 0.29) is 5.82 Å². The lowest BCUT2D eigenvalue weighted by Gasteiger charge is -2.21. The second-order valence-electron chi connectivity index (χ2n) is 4.62. The van der Waals surface area contributed by atoms with E-state index in [1.165, 1.54) is 6.07 Å². The van der Waals surface area contributed by atoms with Crippen molar-refractivity contribution in [2.24, 2.45) is 0 Å². The summed E-state index contributed by atoms with van der Waals surface area (Å²) < 4.78 is 14.0. The molecule has 1 aromatic heterocycles. The van der Waals surface area contributed by atoms with Crippen LogP contribution in [0.3, 0.4) is 0 Å². The van der Waals surface area contributed by atoms with Crippen molar-refractivity contribution in [3.05, 3.63) is 34.2 Å². The van der Waals surface area contributed by atoms with E-state index in [1.54, 1.807) is 6.07 Å². The number of nitrogens with zero attached hydrogens (tertiary/aromatic N) is 1. The molecule has 0 bridgehead atoms. The average Bonchev–Trinajstić information content (AvgIpc) is 2.41. The first-order valence-corrected chi connectivity index (χ1v) is 6.57. The van der Waals surface area contributed by atoms with Crippen LogP contribution >= 0.6 is 11.6 Å². The van der Waals surface area contributed by atoms with Crippen molar-refractivity contribution in [2.75, 3.05) is 12.4 Å². The van der Waals surface area contributed by atoms with Crippen molar-refractivity contribution in [1.29, 1.82) is 0 Å². The third-order valence-corrected chi connectivity index (χ3v) is 3.87. The van der Waals surface area contributed by atoms with Crippen LogP contribution in [0.4, 0.5) is 10.1 Å². The molecule has 1 aliphatic carbocycles. The minimum Gasteiger partial charge on any atom is -0.387 e. The number of benzene rings is 1. The van der Waals surface area contributed by atoms with E-state index in [0.29, 0.717) is 15.9 Å². The Labute approximate surface area is 110 Å². The molecule has 18 heavy (non-hydrogen) atoms. The van der Waals surface area contributed by atoms with Gasteiger partial charge in [-0.15, -0.1) is 0 Å². The molecule has 0 unspecified atom stereocenters. The van der Waals surface area contributed by atoms with E-state index in [4.69, 9.17) is 11.6 Å². The molecule has 2 nitrogen and oxygen atoms in total. The molecule has 4 heteroatoms. The molecule has 0 spiro atoms. The number of aryl methyl sites for hydroxylation is 1. The summed E-state index contributed by atoms with van der Waals surface area (Å²) in [5.74, 6) is -0.264. The van der Waals surface area contributed by atoms with E-state index >= 15 is 0 Å². The molecule has 1 heterocycles. The molecule has 0 radical (unpaired) electrons. The quantitative estimate of drug-likeness (QED) is 0.844. The zero-order chi connectivity index (χ0) is 12.7. The summed E-state index contributed by atoms with van der Waals surface area (Å²) in [7, 11) is 1.82. The number of halogens is 2. The zero-order valence-electron chi connectivity index (χ0n) is 10.2. The standard InChI is InChI=1S/C14H14ClFN2/c1-17-13-8-4-2-3-5-11(8)18-14-9(15)6-7-10(16)12(13)14/h6-7H,2-5H2,1H3,(H,17,18). The maximum atomic E-state index is 14.0. The highest BCUT2D eigenvalue weighted by atomic mass is 35.5. The highest BCUT2D eigenvalue weighted by Crippen LogP contribution is 2.36. The molecule has 2 aromatic rings. The van der Waals surface area contributed by atoms with Gasteiger partial charge in [0.15, 0.2) is 0 Å². The predicted molar refractivity (Wildman–Crippen MR) is 72.9 cm³/mol. The van der Waals surface area contributed by atoms with Crippen LogP contribution in [-0.2, 0) is 12.8 Å². The fraction of sp³-hybridized carbons (Fsp3) is 0.357. The van der Waals surface area contributed by atoms with Crippen molar-refractivity contribution in [2.45, 2.75) is 25.7 Å². The maximum Gasteiger partial charge on any atom is 0.134 e. The van der Waals surface area contributed by atoms with Gasteiger partial charge in [-0.3, -0.25) is 4.98 Å². The predicted octanol–water partition coefficient (Wildman–Crippen LogP) is 3.95. The number of aromatic nitrogens is 1. The van der Waals surface area contributed by atoms with Crippen molar-refractivity contribution in [3.8, 4) is 0 Å². The third-order valence-electron chi connectivity index (χ3n) is 3.57. The SMILES string of the molecule is CNc1c2c(nc3c(Cl)ccc(F)c13)CCCC2. The molecule has 0 saturated carbocycles. The molecule has 0 atom stereocenters. The van der Waals surface area contributed by atoms with Gasteiger partial charge in [0.25, 0.3) is 0 Å².